The summed E-state index contributed by atoms with van der Waals surface area (Å²) in [6.07, 6.45) is 9.93. The Labute approximate surface area is 147 Å². The molecule has 1 aliphatic carbocycles. The second-order valence-corrected chi connectivity index (χ2v) is 6.14. The molecule has 128 valence electrons. The second kappa shape index (κ2) is 7.21. The molecule has 0 unspecified atom stereocenters. The fourth-order valence-electron chi connectivity index (χ4n) is 2.68. The summed E-state index contributed by atoms with van der Waals surface area (Å²) >= 11 is 0. The Kier molecular flexibility index (Phi) is 4.84. The lowest BCUT2D eigenvalue weighted by atomic mass is 10.0. The summed E-state index contributed by atoms with van der Waals surface area (Å²) in [5.74, 6) is 0.507. The van der Waals surface area contributed by atoms with Crippen LogP contribution in [-0.2, 0) is 0 Å². The van der Waals surface area contributed by atoms with Crippen molar-refractivity contribution in [3.63, 3.8) is 0 Å². The van der Waals surface area contributed by atoms with E-state index in [-0.39, 0.29) is 17.2 Å². The number of carbonyl (C=O) groups excluding carboxylic acids is 1. The SMILES string of the molecule is CN(C)C(=O)c1cc(-c2ccnc(NC3=CC=CCC3)c2)ccc1O. The molecule has 0 aliphatic heterocycles. The number of aromatic hydroxyl groups is 1. The molecule has 0 radical (unpaired) electrons. The van der Waals surface area contributed by atoms with Gasteiger partial charge < -0.3 is 15.3 Å². The molecule has 1 aromatic carbocycles. The van der Waals surface area contributed by atoms with Gasteiger partial charge in [-0.25, -0.2) is 4.98 Å². The Morgan fingerprint density at radius 2 is 2.00 bits per heavy atom. The van der Waals surface area contributed by atoms with E-state index in [1.54, 1.807) is 38.5 Å². The first-order chi connectivity index (χ1) is 12.0. The maximum absolute atomic E-state index is 12.2. The van der Waals surface area contributed by atoms with Crippen molar-refractivity contribution >= 4 is 11.7 Å². The van der Waals surface area contributed by atoms with E-state index in [1.165, 1.54) is 4.90 Å². The molecule has 3 rings (SSSR count). The third-order valence-corrected chi connectivity index (χ3v) is 4.03. The zero-order valence-electron chi connectivity index (χ0n) is 14.4. The van der Waals surface area contributed by atoms with Crippen molar-refractivity contribution in [2.24, 2.45) is 0 Å². The van der Waals surface area contributed by atoms with Gasteiger partial charge in [0, 0.05) is 26.0 Å². The van der Waals surface area contributed by atoms with Crippen LogP contribution in [-0.4, -0.2) is 35.0 Å². The predicted octanol–water partition coefficient (Wildman–Crippen LogP) is 3.80. The number of phenolic OH excluding ortho intramolecular Hbond substituents is 1. The molecule has 0 spiro atoms. The first-order valence-corrected chi connectivity index (χ1v) is 8.18. The monoisotopic (exact) mass is 335 g/mol. The number of phenols is 1. The van der Waals surface area contributed by atoms with Gasteiger partial charge in [0.1, 0.15) is 11.6 Å². The van der Waals surface area contributed by atoms with Crippen molar-refractivity contribution in [2.45, 2.75) is 12.8 Å². The van der Waals surface area contributed by atoms with Gasteiger partial charge in [-0.05, 0) is 54.3 Å². The molecule has 5 nitrogen and oxygen atoms in total. The van der Waals surface area contributed by atoms with Crippen LogP contribution in [0.5, 0.6) is 5.75 Å². The molecular weight excluding hydrogens is 314 g/mol. The standard InChI is InChI=1S/C20H21N3O2/c1-23(2)20(25)17-12-14(8-9-18(17)24)15-10-11-21-19(13-15)22-16-6-4-3-5-7-16/h3-4,6,8-13,24H,5,7H2,1-2H3,(H,21,22). The molecule has 5 heteroatoms. The molecule has 0 saturated carbocycles. The van der Waals surface area contributed by atoms with E-state index in [0.29, 0.717) is 0 Å². The van der Waals surface area contributed by atoms with Crippen molar-refractivity contribution in [3.05, 3.63) is 66.0 Å². The molecular formula is C20H21N3O2. The largest absolute Gasteiger partial charge is 0.507 e. The fraction of sp³-hybridized carbons (Fsp3) is 0.200. The van der Waals surface area contributed by atoms with Crippen molar-refractivity contribution in [2.75, 3.05) is 19.4 Å². The number of hydrogen-bond donors (Lipinski definition) is 2. The van der Waals surface area contributed by atoms with Crippen molar-refractivity contribution in [1.29, 1.82) is 0 Å². The van der Waals surface area contributed by atoms with E-state index in [2.05, 4.69) is 16.4 Å². The van der Waals surface area contributed by atoms with Gasteiger partial charge in [0.15, 0.2) is 0 Å². The summed E-state index contributed by atoms with van der Waals surface area (Å²) < 4.78 is 0. The zero-order valence-corrected chi connectivity index (χ0v) is 14.4. The van der Waals surface area contributed by atoms with E-state index >= 15 is 0 Å². The van der Waals surface area contributed by atoms with Crippen molar-refractivity contribution < 1.29 is 9.90 Å². The highest BCUT2D eigenvalue weighted by Crippen LogP contribution is 2.28. The molecule has 2 aromatic rings. The molecule has 1 aliphatic rings. The van der Waals surface area contributed by atoms with Crippen LogP contribution in [0.2, 0.25) is 0 Å². The highest BCUT2D eigenvalue weighted by molar-refractivity contribution is 5.97. The van der Waals surface area contributed by atoms with Crippen LogP contribution < -0.4 is 5.32 Å². The third-order valence-electron chi connectivity index (χ3n) is 4.03. The number of pyridine rings is 1. The number of nitrogens with zero attached hydrogens (tertiary/aromatic N) is 2. The Hall–Kier alpha value is -3.08. The minimum Gasteiger partial charge on any atom is -0.507 e. The number of nitrogens with one attached hydrogen (secondary N) is 1. The lowest BCUT2D eigenvalue weighted by Gasteiger charge is -2.14. The van der Waals surface area contributed by atoms with Gasteiger partial charge in [0.25, 0.3) is 5.91 Å². The number of anilines is 1. The topological polar surface area (TPSA) is 65.5 Å². The second-order valence-electron chi connectivity index (χ2n) is 6.14. The van der Waals surface area contributed by atoms with Crippen LogP contribution in [0, 0.1) is 0 Å². The van der Waals surface area contributed by atoms with Gasteiger partial charge in [-0.2, -0.15) is 0 Å². The van der Waals surface area contributed by atoms with Gasteiger partial charge in [0.2, 0.25) is 0 Å². The number of amides is 1. The van der Waals surface area contributed by atoms with Crippen LogP contribution in [0.4, 0.5) is 5.82 Å². The number of rotatable bonds is 4. The molecule has 0 fully saturated rings. The summed E-state index contributed by atoms with van der Waals surface area (Å²) in [4.78, 5) is 18.0. The molecule has 0 saturated heterocycles. The summed E-state index contributed by atoms with van der Waals surface area (Å²) in [5, 5.41) is 13.3. The number of hydrogen-bond acceptors (Lipinski definition) is 4. The molecule has 2 N–H and O–H groups in total. The van der Waals surface area contributed by atoms with Crippen molar-refractivity contribution in [1.82, 2.24) is 9.88 Å². The molecule has 1 amide bonds. The van der Waals surface area contributed by atoms with Crippen LogP contribution >= 0.6 is 0 Å². The lowest BCUT2D eigenvalue weighted by molar-refractivity contribution is 0.0824. The van der Waals surface area contributed by atoms with E-state index < -0.39 is 0 Å². The average Bonchev–Trinajstić information content (AvgIpc) is 2.62. The Morgan fingerprint density at radius 3 is 2.72 bits per heavy atom. The first kappa shape index (κ1) is 16.8. The van der Waals surface area contributed by atoms with Crippen LogP contribution in [0.15, 0.2) is 60.5 Å². The van der Waals surface area contributed by atoms with Gasteiger partial charge >= 0.3 is 0 Å². The molecule has 1 aromatic heterocycles. The number of carbonyl (C=O) groups is 1. The fourth-order valence-corrected chi connectivity index (χ4v) is 2.68. The summed E-state index contributed by atoms with van der Waals surface area (Å²) in [7, 11) is 3.32. The summed E-state index contributed by atoms with van der Waals surface area (Å²) in [6, 6.07) is 8.88. The van der Waals surface area contributed by atoms with Gasteiger partial charge in [0.05, 0.1) is 5.56 Å². The van der Waals surface area contributed by atoms with Crippen molar-refractivity contribution in [3.8, 4) is 16.9 Å². The quantitative estimate of drug-likeness (QED) is 0.892. The molecule has 1 heterocycles. The maximum Gasteiger partial charge on any atom is 0.257 e. The van der Waals surface area contributed by atoms with Crippen LogP contribution in [0.1, 0.15) is 23.2 Å². The number of allylic oxidation sites excluding steroid dienone is 4. The first-order valence-electron chi connectivity index (χ1n) is 8.18. The van der Waals surface area contributed by atoms with E-state index in [4.69, 9.17) is 0 Å². The minimum atomic E-state index is -0.231. The van der Waals surface area contributed by atoms with E-state index in [1.807, 2.05) is 24.3 Å². The smallest absolute Gasteiger partial charge is 0.257 e. The van der Waals surface area contributed by atoms with E-state index in [0.717, 1.165) is 35.5 Å². The molecule has 25 heavy (non-hydrogen) atoms. The summed E-state index contributed by atoms with van der Waals surface area (Å²) in [5.41, 5.74) is 3.19. The van der Waals surface area contributed by atoms with Gasteiger partial charge in [-0.15, -0.1) is 0 Å². The summed E-state index contributed by atoms with van der Waals surface area (Å²) in [6.45, 7) is 0. The highest BCUT2D eigenvalue weighted by atomic mass is 16.3. The molecule has 0 atom stereocenters. The third kappa shape index (κ3) is 3.88. The Bertz CT molecular complexity index is 854. The Balaban J connectivity index is 1.90. The van der Waals surface area contributed by atoms with E-state index in [9.17, 15) is 9.90 Å². The maximum atomic E-state index is 12.2. The van der Waals surface area contributed by atoms with Crippen LogP contribution in [0.25, 0.3) is 11.1 Å². The molecule has 0 bridgehead atoms. The predicted molar refractivity (Wildman–Crippen MR) is 99.4 cm³/mol. The van der Waals surface area contributed by atoms with Crippen LogP contribution in [0.3, 0.4) is 0 Å². The lowest BCUT2D eigenvalue weighted by Crippen LogP contribution is -2.21. The normalized spacial score (nSPS) is 13.3. The zero-order chi connectivity index (χ0) is 17.8. The van der Waals surface area contributed by atoms with Gasteiger partial charge in [-0.1, -0.05) is 18.2 Å². The number of aromatic nitrogens is 1. The highest BCUT2D eigenvalue weighted by Gasteiger charge is 2.14. The average molecular weight is 335 g/mol. The minimum absolute atomic E-state index is 0.0194. The van der Waals surface area contributed by atoms with Gasteiger partial charge in [-0.3, -0.25) is 4.79 Å². The number of benzene rings is 1. The Morgan fingerprint density at radius 1 is 1.20 bits per heavy atom.